The summed E-state index contributed by atoms with van der Waals surface area (Å²) in [6.45, 7) is 4.78. The van der Waals surface area contributed by atoms with E-state index in [4.69, 9.17) is 5.11 Å². The normalized spacial score (nSPS) is 21.2. The molecule has 1 N–H and O–H groups in total. The van der Waals surface area contributed by atoms with Crippen LogP contribution in [0.5, 0.6) is 0 Å². The number of hydrogen-bond donors (Lipinski definition) is 1. The van der Waals surface area contributed by atoms with Crippen molar-refractivity contribution in [2.75, 3.05) is 13.1 Å². The molecular weight excluding hydrogens is 276 g/mol. The van der Waals surface area contributed by atoms with Gasteiger partial charge in [-0.2, -0.15) is 0 Å². The molecule has 21 heavy (non-hydrogen) atoms. The smallest absolute Gasteiger partial charge is 0.303 e. The number of likely N-dealkylation sites (tertiary alicyclic amines) is 1. The summed E-state index contributed by atoms with van der Waals surface area (Å²) in [6, 6.07) is 2.23. The summed E-state index contributed by atoms with van der Waals surface area (Å²) in [4.78, 5) is 12.9. The molecular formula is C16H21F2NO2. The first kappa shape index (κ1) is 15.9. The van der Waals surface area contributed by atoms with Crippen LogP contribution in [0.4, 0.5) is 8.78 Å². The van der Waals surface area contributed by atoms with Crippen molar-refractivity contribution in [1.29, 1.82) is 0 Å². The van der Waals surface area contributed by atoms with Crippen LogP contribution in [0.25, 0.3) is 0 Å². The lowest BCUT2D eigenvalue weighted by Gasteiger charge is -2.36. The van der Waals surface area contributed by atoms with Crippen molar-refractivity contribution in [3.63, 3.8) is 0 Å². The molecule has 1 aliphatic heterocycles. The quantitative estimate of drug-likeness (QED) is 0.924. The van der Waals surface area contributed by atoms with Crippen LogP contribution >= 0.6 is 0 Å². The predicted molar refractivity (Wildman–Crippen MR) is 76.1 cm³/mol. The second kappa shape index (κ2) is 6.52. The Labute approximate surface area is 123 Å². The first-order valence-electron chi connectivity index (χ1n) is 7.30. The van der Waals surface area contributed by atoms with Gasteiger partial charge in [0, 0.05) is 24.6 Å². The van der Waals surface area contributed by atoms with E-state index >= 15 is 0 Å². The monoisotopic (exact) mass is 297 g/mol. The summed E-state index contributed by atoms with van der Waals surface area (Å²) in [7, 11) is 0. The average Bonchev–Trinajstić information content (AvgIpc) is 2.41. The van der Waals surface area contributed by atoms with Crippen LogP contribution in [-0.4, -0.2) is 29.1 Å². The minimum atomic E-state index is -0.804. The van der Waals surface area contributed by atoms with Crippen molar-refractivity contribution < 1.29 is 18.7 Å². The molecule has 2 atom stereocenters. The third kappa shape index (κ3) is 3.79. The molecule has 1 aliphatic rings. The van der Waals surface area contributed by atoms with E-state index in [1.165, 1.54) is 19.1 Å². The van der Waals surface area contributed by atoms with Gasteiger partial charge in [0.1, 0.15) is 11.6 Å². The number of carbonyl (C=O) groups is 1. The molecule has 1 aromatic rings. The van der Waals surface area contributed by atoms with E-state index in [0.29, 0.717) is 17.7 Å². The van der Waals surface area contributed by atoms with E-state index in [2.05, 4.69) is 0 Å². The molecule has 0 bridgehead atoms. The maximum absolute atomic E-state index is 14.1. The zero-order valence-corrected chi connectivity index (χ0v) is 12.4. The molecule has 1 aromatic carbocycles. The van der Waals surface area contributed by atoms with E-state index < -0.39 is 17.6 Å². The number of piperidine rings is 1. The van der Waals surface area contributed by atoms with Gasteiger partial charge in [0.05, 0.1) is 0 Å². The Morgan fingerprint density at radius 3 is 2.81 bits per heavy atom. The summed E-state index contributed by atoms with van der Waals surface area (Å²) in [5.74, 6) is -1.53. The molecule has 0 saturated carbocycles. The average molecular weight is 297 g/mol. The lowest BCUT2D eigenvalue weighted by molar-refractivity contribution is -0.138. The zero-order valence-electron chi connectivity index (χ0n) is 12.4. The molecule has 5 heteroatoms. The highest BCUT2D eigenvalue weighted by Crippen LogP contribution is 2.30. The van der Waals surface area contributed by atoms with Crippen molar-refractivity contribution in [3.8, 4) is 0 Å². The first-order chi connectivity index (χ1) is 9.88. The van der Waals surface area contributed by atoms with Gasteiger partial charge in [0.2, 0.25) is 0 Å². The second-order valence-corrected chi connectivity index (χ2v) is 5.90. The van der Waals surface area contributed by atoms with Gasteiger partial charge >= 0.3 is 5.97 Å². The molecule has 1 fully saturated rings. The highest BCUT2D eigenvalue weighted by molar-refractivity contribution is 5.67. The molecule has 1 heterocycles. The fourth-order valence-corrected chi connectivity index (χ4v) is 3.04. The van der Waals surface area contributed by atoms with Gasteiger partial charge < -0.3 is 5.11 Å². The van der Waals surface area contributed by atoms with Crippen LogP contribution < -0.4 is 0 Å². The van der Waals surface area contributed by atoms with Gasteiger partial charge in [-0.05, 0) is 56.8 Å². The van der Waals surface area contributed by atoms with Crippen LogP contribution in [0, 0.1) is 24.5 Å². The van der Waals surface area contributed by atoms with E-state index in [-0.39, 0.29) is 18.4 Å². The Bertz CT molecular complexity index is 533. The number of benzene rings is 1. The summed E-state index contributed by atoms with van der Waals surface area (Å²) in [5, 5.41) is 8.89. The standard InChI is InChI=1S/C16H21F2NO2/c1-10-6-15(18)13(8-14(10)17)11(2)19-5-3-4-12(9-19)7-16(20)21/h6,8,11-12H,3-5,7,9H2,1-2H3,(H,20,21). The number of aliphatic carboxylic acids is 1. The Balaban J connectivity index is 2.14. The lowest BCUT2D eigenvalue weighted by atomic mass is 9.92. The minimum Gasteiger partial charge on any atom is -0.481 e. The number of halogens is 2. The molecule has 1 saturated heterocycles. The van der Waals surface area contributed by atoms with Gasteiger partial charge in [-0.3, -0.25) is 9.69 Å². The summed E-state index contributed by atoms with van der Waals surface area (Å²) in [5.41, 5.74) is 0.639. The van der Waals surface area contributed by atoms with Crippen molar-refractivity contribution in [3.05, 3.63) is 34.9 Å². The molecule has 0 aliphatic carbocycles. The van der Waals surface area contributed by atoms with Crippen molar-refractivity contribution in [2.45, 2.75) is 39.2 Å². The molecule has 0 radical (unpaired) electrons. The van der Waals surface area contributed by atoms with Gasteiger partial charge in [-0.15, -0.1) is 0 Å². The second-order valence-electron chi connectivity index (χ2n) is 5.90. The molecule has 2 unspecified atom stereocenters. The number of rotatable bonds is 4. The maximum atomic E-state index is 14.1. The van der Waals surface area contributed by atoms with Crippen molar-refractivity contribution in [2.24, 2.45) is 5.92 Å². The molecule has 116 valence electrons. The van der Waals surface area contributed by atoms with Crippen LogP contribution in [0.2, 0.25) is 0 Å². The Hall–Kier alpha value is -1.49. The Kier molecular flexibility index (Phi) is 4.93. The van der Waals surface area contributed by atoms with Crippen LogP contribution in [0.1, 0.15) is 43.4 Å². The Morgan fingerprint density at radius 1 is 1.43 bits per heavy atom. The van der Waals surface area contributed by atoms with Crippen molar-refractivity contribution >= 4 is 5.97 Å². The van der Waals surface area contributed by atoms with Gasteiger partial charge in [0.25, 0.3) is 0 Å². The summed E-state index contributed by atoms with van der Waals surface area (Å²) < 4.78 is 27.7. The minimum absolute atomic E-state index is 0.0806. The first-order valence-corrected chi connectivity index (χ1v) is 7.30. The summed E-state index contributed by atoms with van der Waals surface area (Å²) in [6.07, 6.45) is 1.90. The topological polar surface area (TPSA) is 40.5 Å². The van der Waals surface area contributed by atoms with E-state index in [0.717, 1.165) is 19.4 Å². The fourth-order valence-electron chi connectivity index (χ4n) is 3.04. The highest BCUT2D eigenvalue weighted by atomic mass is 19.1. The third-order valence-electron chi connectivity index (χ3n) is 4.29. The number of carboxylic acids is 1. The molecule has 0 aromatic heterocycles. The SMILES string of the molecule is Cc1cc(F)c(C(C)N2CCCC(CC(=O)O)C2)cc1F. The molecule has 0 amide bonds. The fraction of sp³-hybridized carbons (Fsp3) is 0.562. The number of aryl methyl sites for hydroxylation is 1. The zero-order chi connectivity index (χ0) is 15.6. The number of hydrogen-bond acceptors (Lipinski definition) is 2. The van der Waals surface area contributed by atoms with E-state index in [9.17, 15) is 13.6 Å². The van der Waals surface area contributed by atoms with E-state index in [1.54, 1.807) is 0 Å². The third-order valence-corrected chi connectivity index (χ3v) is 4.29. The van der Waals surface area contributed by atoms with Gasteiger partial charge in [0.15, 0.2) is 0 Å². The van der Waals surface area contributed by atoms with Gasteiger partial charge in [-0.1, -0.05) is 0 Å². The van der Waals surface area contributed by atoms with E-state index in [1.807, 2.05) is 11.8 Å². The largest absolute Gasteiger partial charge is 0.481 e. The van der Waals surface area contributed by atoms with Crippen LogP contribution in [0.15, 0.2) is 12.1 Å². The van der Waals surface area contributed by atoms with Crippen LogP contribution in [0.3, 0.4) is 0 Å². The lowest BCUT2D eigenvalue weighted by Crippen LogP contribution is -2.38. The highest BCUT2D eigenvalue weighted by Gasteiger charge is 2.27. The molecule has 3 nitrogen and oxygen atoms in total. The Morgan fingerprint density at radius 2 is 2.14 bits per heavy atom. The number of carboxylic acid groups (broad SMARTS) is 1. The molecule has 0 spiro atoms. The molecule has 2 rings (SSSR count). The number of nitrogens with zero attached hydrogens (tertiary/aromatic N) is 1. The van der Waals surface area contributed by atoms with Crippen LogP contribution in [-0.2, 0) is 4.79 Å². The summed E-state index contributed by atoms with van der Waals surface area (Å²) >= 11 is 0. The maximum Gasteiger partial charge on any atom is 0.303 e. The van der Waals surface area contributed by atoms with Crippen molar-refractivity contribution in [1.82, 2.24) is 4.90 Å². The van der Waals surface area contributed by atoms with Gasteiger partial charge in [-0.25, -0.2) is 8.78 Å². The predicted octanol–water partition coefficient (Wildman–Crippen LogP) is 3.52.